The van der Waals surface area contributed by atoms with Gasteiger partial charge in [0.2, 0.25) is 0 Å². The van der Waals surface area contributed by atoms with Crippen LogP contribution in [0.5, 0.6) is 0 Å². The largest absolute Gasteiger partial charge is 0.298 e. The van der Waals surface area contributed by atoms with Crippen LogP contribution in [-0.4, -0.2) is 6.29 Å². The second-order valence-electron chi connectivity index (χ2n) is 5.50. The van der Waals surface area contributed by atoms with Gasteiger partial charge in [0.1, 0.15) is 6.29 Å². The van der Waals surface area contributed by atoms with Gasteiger partial charge in [-0.15, -0.1) is 0 Å². The van der Waals surface area contributed by atoms with Gasteiger partial charge in [-0.25, -0.2) is 0 Å². The maximum Gasteiger partial charge on any atom is 0.150 e. The molecule has 0 N–H and O–H groups in total. The fourth-order valence-electron chi connectivity index (χ4n) is 2.51. The average molecular weight is 310 g/mol. The topological polar surface area (TPSA) is 17.1 Å². The van der Waals surface area contributed by atoms with Crippen LogP contribution < -0.4 is 0 Å². The van der Waals surface area contributed by atoms with Gasteiger partial charge in [-0.05, 0) is 34.4 Å². The molecular formula is C23H18O. The molecule has 0 aliphatic heterocycles. The summed E-state index contributed by atoms with van der Waals surface area (Å²) in [7, 11) is 0. The highest BCUT2D eigenvalue weighted by Crippen LogP contribution is 2.21. The summed E-state index contributed by atoms with van der Waals surface area (Å²) in [5.41, 5.74) is 5.13. The summed E-state index contributed by atoms with van der Waals surface area (Å²) in [6.07, 6.45) is 7.16. The number of benzene rings is 3. The molecule has 0 radical (unpaired) electrons. The van der Waals surface area contributed by atoms with E-state index in [-0.39, 0.29) is 0 Å². The maximum absolute atomic E-state index is 10.9. The van der Waals surface area contributed by atoms with E-state index in [4.69, 9.17) is 0 Å². The van der Waals surface area contributed by atoms with E-state index in [1.165, 1.54) is 0 Å². The van der Waals surface area contributed by atoms with Crippen molar-refractivity contribution in [3.05, 3.63) is 113 Å². The van der Waals surface area contributed by atoms with E-state index in [2.05, 4.69) is 36.4 Å². The zero-order valence-corrected chi connectivity index (χ0v) is 13.3. The van der Waals surface area contributed by atoms with Crippen molar-refractivity contribution in [3.63, 3.8) is 0 Å². The summed E-state index contributed by atoms with van der Waals surface area (Å²) in [5.74, 6) is 0. The molecule has 0 fully saturated rings. The molecule has 0 aliphatic carbocycles. The van der Waals surface area contributed by atoms with Crippen molar-refractivity contribution < 1.29 is 4.79 Å². The Kier molecular flexibility index (Phi) is 5.16. The van der Waals surface area contributed by atoms with Crippen molar-refractivity contribution in [1.29, 1.82) is 0 Å². The van der Waals surface area contributed by atoms with Gasteiger partial charge >= 0.3 is 0 Å². The number of hydrogen-bond acceptors (Lipinski definition) is 1. The predicted molar refractivity (Wildman–Crippen MR) is 102 cm³/mol. The van der Waals surface area contributed by atoms with Gasteiger partial charge in [-0.1, -0.05) is 91.0 Å². The monoisotopic (exact) mass is 310 g/mol. The molecule has 0 aromatic heterocycles. The first-order valence-corrected chi connectivity index (χ1v) is 7.91. The number of carbonyl (C=O) groups is 1. The third kappa shape index (κ3) is 4.17. The first-order valence-electron chi connectivity index (χ1n) is 7.91. The second-order valence-corrected chi connectivity index (χ2v) is 5.50. The number of hydrogen-bond donors (Lipinski definition) is 0. The molecule has 116 valence electrons. The quantitative estimate of drug-likeness (QED) is 0.333. The van der Waals surface area contributed by atoms with Gasteiger partial charge in [-0.3, -0.25) is 4.79 Å². The Labute approximate surface area is 142 Å². The van der Waals surface area contributed by atoms with Crippen molar-refractivity contribution in [2.75, 3.05) is 0 Å². The molecule has 0 spiro atoms. The van der Waals surface area contributed by atoms with Gasteiger partial charge in [0, 0.05) is 5.56 Å². The SMILES string of the molecule is O=Cc1cccc(/C=C/C(=C/c2ccccc2)c2ccccc2)c1. The lowest BCUT2D eigenvalue weighted by Gasteiger charge is -2.04. The van der Waals surface area contributed by atoms with Gasteiger partial charge < -0.3 is 0 Å². The lowest BCUT2D eigenvalue weighted by molar-refractivity contribution is 0.112. The average Bonchev–Trinajstić information content (AvgIpc) is 2.67. The number of rotatable bonds is 5. The summed E-state index contributed by atoms with van der Waals surface area (Å²) in [6, 6.07) is 28.1. The predicted octanol–water partition coefficient (Wildman–Crippen LogP) is 5.75. The van der Waals surface area contributed by atoms with Gasteiger partial charge in [0.25, 0.3) is 0 Å². The Morgan fingerprint density at radius 2 is 1.29 bits per heavy atom. The molecule has 1 nitrogen and oxygen atoms in total. The van der Waals surface area contributed by atoms with E-state index in [0.717, 1.165) is 28.5 Å². The zero-order chi connectivity index (χ0) is 16.6. The van der Waals surface area contributed by atoms with Crippen molar-refractivity contribution in [2.24, 2.45) is 0 Å². The molecule has 0 atom stereocenters. The van der Waals surface area contributed by atoms with Crippen LogP contribution in [0.4, 0.5) is 0 Å². The summed E-state index contributed by atoms with van der Waals surface area (Å²) >= 11 is 0. The van der Waals surface area contributed by atoms with Crippen LogP contribution in [0.2, 0.25) is 0 Å². The molecular weight excluding hydrogens is 292 g/mol. The van der Waals surface area contributed by atoms with Crippen molar-refractivity contribution >= 4 is 24.0 Å². The zero-order valence-electron chi connectivity index (χ0n) is 13.3. The lowest BCUT2D eigenvalue weighted by Crippen LogP contribution is -1.83. The molecule has 3 aromatic carbocycles. The van der Waals surface area contributed by atoms with Crippen molar-refractivity contribution in [3.8, 4) is 0 Å². The van der Waals surface area contributed by atoms with Crippen LogP contribution in [0.15, 0.2) is 91.0 Å². The van der Waals surface area contributed by atoms with Crippen LogP contribution in [0, 0.1) is 0 Å². The highest BCUT2D eigenvalue weighted by Gasteiger charge is 1.99. The first-order chi connectivity index (χ1) is 11.8. The highest BCUT2D eigenvalue weighted by atomic mass is 16.1. The Hall–Kier alpha value is -3.19. The Morgan fingerprint density at radius 1 is 0.667 bits per heavy atom. The molecule has 0 saturated carbocycles. The molecule has 3 aromatic rings. The Morgan fingerprint density at radius 3 is 2.00 bits per heavy atom. The minimum atomic E-state index is 0.686. The van der Waals surface area contributed by atoms with Gasteiger partial charge in [0.05, 0.1) is 0 Å². The van der Waals surface area contributed by atoms with Crippen LogP contribution >= 0.6 is 0 Å². The van der Waals surface area contributed by atoms with Crippen molar-refractivity contribution in [1.82, 2.24) is 0 Å². The van der Waals surface area contributed by atoms with Crippen LogP contribution in [0.1, 0.15) is 27.0 Å². The van der Waals surface area contributed by atoms with E-state index >= 15 is 0 Å². The third-order valence-corrected chi connectivity index (χ3v) is 3.73. The molecule has 1 heteroatoms. The standard InChI is InChI=1S/C23H18O/c24-18-21-11-7-10-20(16-21)14-15-23(22-12-5-2-6-13-22)17-19-8-3-1-4-9-19/h1-18H/b15-14+,23-17-. The first kappa shape index (κ1) is 15.7. The van der Waals surface area contributed by atoms with Crippen LogP contribution in [0.3, 0.4) is 0 Å². The molecule has 0 aliphatic rings. The normalized spacial score (nSPS) is 11.6. The van der Waals surface area contributed by atoms with E-state index in [1.54, 1.807) is 0 Å². The van der Waals surface area contributed by atoms with E-state index < -0.39 is 0 Å². The fraction of sp³-hybridized carbons (Fsp3) is 0. The van der Waals surface area contributed by atoms with E-state index in [0.29, 0.717) is 5.56 Å². The molecule has 0 unspecified atom stereocenters. The van der Waals surface area contributed by atoms with E-state index in [1.807, 2.05) is 66.7 Å². The lowest BCUT2D eigenvalue weighted by atomic mass is 10.0. The fourth-order valence-corrected chi connectivity index (χ4v) is 2.51. The minimum absolute atomic E-state index is 0.686. The molecule has 0 saturated heterocycles. The van der Waals surface area contributed by atoms with Gasteiger partial charge in [0.15, 0.2) is 0 Å². The summed E-state index contributed by atoms with van der Waals surface area (Å²) in [6.45, 7) is 0. The van der Waals surface area contributed by atoms with Gasteiger partial charge in [-0.2, -0.15) is 0 Å². The molecule has 0 heterocycles. The molecule has 0 amide bonds. The smallest absolute Gasteiger partial charge is 0.150 e. The highest BCUT2D eigenvalue weighted by molar-refractivity contribution is 5.90. The summed E-state index contributed by atoms with van der Waals surface area (Å²) < 4.78 is 0. The molecule has 3 rings (SSSR count). The summed E-state index contributed by atoms with van der Waals surface area (Å²) in [5, 5.41) is 0. The summed E-state index contributed by atoms with van der Waals surface area (Å²) in [4.78, 5) is 10.9. The van der Waals surface area contributed by atoms with E-state index in [9.17, 15) is 4.79 Å². The Bertz CT molecular complexity index is 859. The minimum Gasteiger partial charge on any atom is -0.298 e. The molecule has 0 bridgehead atoms. The second kappa shape index (κ2) is 7.89. The number of carbonyl (C=O) groups excluding carboxylic acids is 1. The maximum atomic E-state index is 10.9. The number of allylic oxidation sites excluding steroid dienone is 2. The van der Waals surface area contributed by atoms with Crippen LogP contribution in [0.25, 0.3) is 17.7 Å². The van der Waals surface area contributed by atoms with Crippen molar-refractivity contribution in [2.45, 2.75) is 0 Å². The third-order valence-electron chi connectivity index (χ3n) is 3.73. The number of aldehydes is 1. The van der Waals surface area contributed by atoms with Crippen LogP contribution in [-0.2, 0) is 0 Å². The Balaban J connectivity index is 1.97. The molecule has 24 heavy (non-hydrogen) atoms.